The predicted octanol–water partition coefficient (Wildman–Crippen LogP) is 4.12. The maximum Gasteiger partial charge on any atom is 0.270 e. The maximum absolute atomic E-state index is 12.8. The fraction of sp³-hybridized carbons (Fsp3) is 0.550. The minimum Gasteiger partial charge on any atom is -0.378 e. The standard InChI is InChI=1S/C20H28N2O2/c1-13-11-14(2)18-17(12-13)15(3)19(21-18)20(23)22(4)9-5-7-16-8-6-10-24-16/h11-12,16,21H,5-10H2,1-4H3/t16-/m0/s1. The van der Waals surface area contributed by atoms with E-state index in [0.29, 0.717) is 6.10 Å². The molecular formula is C20H28N2O2. The third-order valence-corrected chi connectivity index (χ3v) is 5.11. The van der Waals surface area contributed by atoms with Crippen molar-refractivity contribution in [3.05, 3.63) is 34.5 Å². The van der Waals surface area contributed by atoms with Gasteiger partial charge in [0.15, 0.2) is 0 Å². The molecule has 1 amide bonds. The molecule has 3 rings (SSSR count). The van der Waals surface area contributed by atoms with Crippen LogP contribution in [0.5, 0.6) is 0 Å². The van der Waals surface area contributed by atoms with E-state index in [0.717, 1.165) is 54.6 Å². The van der Waals surface area contributed by atoms with E-state index in [9.17, 15) is 4.79 Å². The third kappa shape index (κ3) is 3.34. The van der Waals surface area contributed by atoms with Crippen LogP contribution in [0, 0.1) is 20.8 Å². The summed E-state index contributed by atoms with van der Waals surface area (Å²) in [7, 11) is 1.89. The van der Waals surface area contributed by atoms with E-state index in [4.69, 9.17) is 4.74 Å². The number of aromatic nitrogens is 1. The van der Waals surface area contributed by atoms with Gasteiger partial charge in [-0.15, -0.1) is 0 Å². The second-order valence-corrected chi connectivity index (χ2v) is 7.13. The van der Waals surface area contributed by atoms with Gasteiger partial charge in [0.1, 0.15) is 5.69 Å². The molecule has 1 saturated heterocycles. The number of carbonyl (C=O) groups is 1. The molecule has 1 aromatic carbocycles. The van der Waals surface area contributed by atoms with E-state index >= 15 is 0 Å². The van der Waals surface area contributed by atoms with Gasteiger partial charge in [-0.1, -0.05) is 11.6 Å². The molecular weight excluding hydrogens is 300 g/mol. The summed E-state index contributed by atoms with van der Waals surface area (Å²) < 4.78 is 5.65. The molecule has 0 radical (unpaired) electrons. The minimum atomic E-state index is 0.0769. The van der Waals surface area contributed by atoms with Gasteiger partial charge < -0.3 is 14.6 Å². The van der Waals surface area contributed by atoms with Gasteiger partial charge in [-0.3, -0.25) is 4.79 Å². The van der Waals surface area contributed by atoms with Crippen molar-refractivity contribution in [3.8, 4) is 0 Å². The summed E-state index contributed by atoms with van der Waals surface area (Å²) in [6, 6.07) is 4.31. The number of carbonyl (C=O) groups excluding carboxylic acids is 1. The van der Waals surface area contributed by atoms with Crippen LogP contribution in [0.2, 0.25) is 0 Å². The van der Waals surface area contributed by atoms with Crippen LogP contribution in [0.15, 0.2) is 12.1 Å². The molecule has 1 fully saturated rings. The molecule has 0 saturated carbocycles. The number of benzene rings is 1. The molecule has 1 N–H and O–H groups in total. The van der Waals surface area contributed by atoms with E-state index in [2.05, 4.69) is 31.0 Å². The summed E-state index contributed by atoms with van der Waals surface area (Å²) in [5.74, 6) is 0.0769. The highest BCUT2D eigenvalue weighted by Gasteiger charge is 2.20. The molecule has 0 bridgehead atoms. The summed E-state index contributed by atoms with van der Waals surface area (Å²) in [5, 5.41) is 1.16. The van der Waals surface area contributed by atoms with Crippen LogP contribution in [-0.4, -0.2) is 42.1 Å². The number of nitrogens with zero attached hydrogens (tertiary/aromatic N) is 1. The monoisotopic (exact) mass is 328 g/mol. The highest BCUT2D eigenvalue weighted by atomic mass is 16.5. The van der Waals surface area contributed by atoms with Crippen molar-refractivity contribution in [2.75, 3.05) is 20.2 Å². The van der Waals surface area contributed by atoms with Gasteiger partial charge in [0.25, 0.3) is 5.91 Å². The summed E-state index contributed by atoms with van der Waals surface area (Å²) >= 11 is 0. The Morgan fingerprint density at radius 2 is 2.12 bits per heavy atom. The Kier molecular flexibility index (Phi) is 4.95. The van der Waals surface area contributed by atoms with E-state index in [1.54, 1.807) is 0 Å². The van der Waals surface area contributed by atoms with E-state index < -0.39 is 0 Å². The topological polar surface area (TPSA) is 45.3 Å². The molecule has 1 atom stereocenters. The number of rotatable bonds is 5. The number of H-pyrrole nitrogens is 1. The largest absolute Gasteiger partial charge is 0.378 e. The Morgan fingerprint density at radius 3 is 2.83 bits per heavy atom. The lowest BCUT2D eigenvalue weighted by Gasteiger charge is -2.18. The van der Waals surface area contributed by atoms with Crippen LogP contribution in [0.1, 0.15) is 52.9 Å². The predicted molar refractivity (Wildman–Crippen MR) is 97.7 cm³/mol. The maximum atomic E-state index is 12.8. The smallest absolute Gasteiger partial charge is 0.270 e. The lowest BCUT2D eigenvalue weighted by atomic mass is 10.1. The first-order chi connectivity index (χ1) is 11.5. The first kappa shape index (κ1) is 17.0. The van der Waals surface area contributed by atoms with Crippen molar-refractivity contribution in [3.63, 3.8) is 0 Å². The second kappa shape index (κ2) is 6.98. The van der Waals surface area contributed by atoms with E-state index in [1.165, 1.54) is 17.5 Å². The molecule has 2 heterocycles. The lowest BCUT2D eigenvalue weighted by Crippen LogP contribution is -2.29. The number of hydrogen-bond acceptors (Lipinski definition) is 2. The minimum absolute atomic E-state index is 0.0769. The van der Waals surface area contributed by atoms with Gasteiger partial charge in [-0.25, -0.2) is 0 Å². The Hall–Kier alpha value is -1.81. The zero-order valence-electron chi connectivity index (χ0n) is 15.2. The van der Waals surface area contributed by atoms with Crippen LogP contribution >= 0.6 is 0 Å². The second-order valence-electron chi connectivity index (χ2n) is 7.13. The highest BCUT2D eigenvalue weighted by molar-refractivity contribution is 6.01. The zero-order valence-corrected chi connectivity index (χ0v) is 15.2. The molecule has 1 aliphatic rings. The lowest BCUT2D eigenvalue weighted by molar-refractivity contribution is 0.0758. The number of ether oxygens (including phenoxy) is 1. The quantitative estimate of drug-likeness (QED) is 0.897. The van der Waals surface area contributed by atoms with Gasteiger partial charge in [0, 0.05) is 31.1 Å². The third-order valence-electron chi connectivity index (χ3n) is 5.11. The van der Waals surface area contributed by atoms with Crippen molar-refractivity contribution in [1.29, 1.82) is 0 Å². The Balaban J connectivity index is 1.70. The molecule has 2 aromatic rings. The molecule has 0 spiro atoms. The average molecular weight is 328 g/mol. The summed E-state index contributed by atoms with van der Waals surface area (Å²) in [6.07, 6.45) is 4.77. The number of amides is 1. The molecule has 130 valence electrons. The number of aromatic amines is 1. The van der Waals surface area contributed by atoms with Gasteiger partial charge in [-0.05, 0) is 63.6 Å². The van der Waals surface area contributed by atoms with Crippen LogP contribution in [0.3, 0.4) is 0 Å². The molecule has 0 unspecified atom stereocenters. The van der Waals surface area contributed by atoms with Crippen LogP contribution < -0.4 is 0 Å². The Bertz CT molecular complexity index is 742. The van der Waals surface area contributed by atoms with Crippen LogP contribution in [0.4, 0.5) is 0 Å². The first-order valence-corrected chi connectivity index (χ1v) is 8.94. The van der Waals surface area contributed by atoms with Crippen molar-refractivity contribution in [1.82, 2.24) is 9.88 Å². The first-order valence-electron chi connectivity index (χ1n) is 8.94. The summed E-state index contributed by atoms with van der Waals surface area (Å²) in [6.45, 7) is 7.88. The van der Waals surface area contributed by atoms with Gasteiger partial charge in [0.05, 0.1) is 6.10 Å². The number of fused-ring (bicyclic) bond motifs is 1. The summed E-state index contributed by atoms with van der Waals surface area (Å²) in [4.78, 5) is 18.0. The average Bonchev–Trinajstić information content (AvgIpc) is 3.16. The Labute approximate surface area is 144 Å². The number of hydrogen-bond donors (Lipinski definition) is 1. The van der Waals surface area contributed by atoms with E-state index in [-0.39, 0.29) is 5.91 Å². The van der Waals surface area contributed by atoms with Gasteiger partial charge in [-0.2, -0.15) is 0 Å². The molecule has 1 aliphatic heterocycles. The van der Waals surface area contributed by atoms with Gasteiger partial charge in [0.2, 0.25) is 0 Å². The van der Waals surface area contributed by atoms with Crippen LogP contribution in [-0.2, 0) is 4.74 Å². The van der Waals surface area contributed by atoms with Crippen molar-refractivity contribution in [2.45, 2.75) is 52.6 Å². The zero-order chi connectivity index (χ0) is 17.3. The van der Waals surface area contributed by atoms with Crippen molar-refractivity contribution >= 4 is 16.8 Å². The molecule has 4 heteroatoms. The Morgan fingerprint density at radius 1 is 1.33 bits per heavy atom. The summed E-state index contributed by atoms with van der Waals surface area (Å²) in [5.41, 5.74) is 5.26. The van der Waals surface area contributed by atoms with Crippen LogP contribution in [0.25, 0.3) is 10.9 Å². The molecule has 4 nitrogen and oxygen atoms in total. The van der Waals surface area contributed by atoms with Crippen molar-refractivity contribution in [2.24, 2.45) is 0 Å². The number of aryl methyl sites for hydroxylation is 3. The fourth-order valence-corrected chi connectivity index (χ4v) is 3.72. The molecule has 0 aliphatic carbocycles. The van der Waals surface area contributed by atoms with Gasteiger partial charge >= 0.3 is 0 Å². The SMILES string of the molecule is Cc1cc(C)c2[nH]c(C(=O)N(C)CCC[C@H]3CCCO3)c(C)c2c1. The normalized spacial score (nSPS) is 17.6. The van der Waals surface area contributed by atoms with E-state index in [1.807, 2.05) is 18.9 Å². The number of nitrogens with one attached hydrogen (secondary N) is 1. The highest BCUT2D eigenvalue weighted by Crippen LogP contribution is 2.26. The molecule has 24 heavy (non-hydrogen) atoms. The van der Waals surface area contributed by atoms with Crippen molar-refractivity contribution < 1.29 is 9.53 Å². The molecule has 1 aromatic heterocycles. The fourth-order valence-electron chi connectivity index (χ4n) is 3.72.